The van der Waals surface area contributed by atoms with Crippen molar-refractivity contribution in [1.29, 1.82) is 0 Å². The summed E-state index contributed by atoms with van der Waals surface area (Å²) in [5.74, 6) is 0. The first kappa shape index (κ1) is 13.2. The molecule has 0 saturated carbocycles. The van der Waals surface area contributed by atoms with Crippen LogP contribution in [0, 0.1) is 0 Å². The molecule has 1 amide bonds. The molecule has 18 heavy (non-hydrogen) atoms. The van der Waals surface area contributed by atoms with Gasteiger partial charge in [-0.25, -0.2) is 4.79 Å². The molecule has 5 heteroatoms. The molecule has 1 atom stereocenters. The standard InChI is InChI=1S/C13H16ClNO3/c1-13(2,3)18-12(16)15-10-6-8(14)4-5-9(10)11-7-17-11/h4-6,11H,7H2,1-3H3,(H,15,16)/t11-/m0/s1. The lowest BCUT2D eigenvalue weighted by Crippen LogP contribution is -2.27. The molecule has 1 aliphatic rings. The van der Waals surface area contributed by atoms with Crippen molar-refractivity contribution in [1.82, 2.24) is 0 Å². The Kier molecular flexibility index (Phi) is 3.50. The number of benzene rings is 1. The molecular formula is C13H16ClNO3. The fourth-order valence-electron chi connectivity index (χ4n) is 1.56. The van der Waals surface area contributed by atoms with Gasteiger partial charge in [0.1, 0.15) is 11.7 Å². The number of ether oxygens (including phenoxy) is 2. The maximum Gasteiger partial charge on any atom is 0.412 e. The highest BCUT2D eigenvalue weighted by Crippen LogP contribution is 2.36. The molecule has 0 aromatic heterocycles. The van der Waals surface area contributed by atoms with Gasteiger partial charge in [-0.3, -0.25) is 5.32 Å². The quantitative estimate of drug-likeness (QED) is 0.832. The van der Waals surface area contributed by atoms with Crippen molar-refractivity contribution in [3.63, 3.8) is 0 Å². The summed E-state index contributed by atoms with van der Waals surface area (Å²) in [7, 11) is 0. The van der Waals surface area contributed by atoms with Gasteiger partial charge in [0.15, 0.2) is 0 Å². The lowest BCUT2D eigenvalue weighted by atomic mass is 10.1. The fraction of sp³-hybridized carbons (Fsp3) is 0.462. The van der Waals surface area contributed by atoms with E-state index in [1.165, 1.54) is 0 Å². The monoisotopic (exact) mass is 269 g/mol. The predicted molar refractivity (Wildman–Crippen MR) is 70.0 cm³/mol. The molecular weight excluding hydrogens is 254 g/mol. The Morgan fingerprint density at radius 2 is 2.17 bits per heavy atom. The average Bonchev–Trinajstić information content (AvgIpc) is 2.98. The zero-order valence-electron chi connectivity index (χ0n) is 10.6. The molecule has 98 valence electrons. The molecule has 1 saturated heterocycles. The van der Waals surface area contributed by atoms with Crippen molar-refractivity contribution < 1.29 is 14.3 Å². The van der Waals surface area contributed by atoms with Crippen molar-refractivity contribution in [3.8, 4) is 0 Å². The molecule has 2 rings (SSSR count). The second kappa shape index (κ2) is 4.78. The van der Waals surface area contributed by atoms with Gasteiger partial charge in [0.25, 0.3) is 0 Å². The van der Waals surface area contributed by atoms with Gasteiger partial charge in [0, 0.05) is 10.6 Å². The van der Waals surface area contributed by atoms with Crippen LogP contribution in [0.2, 0.25) is 5.02 Å². The van der Waals surface area contributed by atoms with E-state index < -0.39 is 11.7 Å². The van der Waals surface area contributed by atoms with E-state index >= 15 is 0 Å². The largest absolute Gasteiger partial charge is 0.444 e. The van der Waals surface area contributed by atoms with Crippen LogP contribution in [0.25, 0.3) is 0 Å². The van der Waals surface area contributed by atoms with Crippen LogP contribution in [0.1, 0.15) is 32.4 Å². The molecule has 0 radical (unpaired) electrons. The molecule has 0 bridgehead atoms. The predicted octanol–water partition coefficient (Wildman–Crippen LogP) is 3.76. The summed E-state index contributed by atoms with van der Waals surface area (Å²) in [4.78, 5) is 11.7. The molecule has 0 aliphatic carbocycles. The molecule has 1 aromatic rings. The third-order valence-corrected chi connectivity index (χ3v) is 2.57. The SMILES string of the molecule is CC(C)(C)OC(=O)Nc1cc(Cl)ccc1[C@@H]1CO1. The summed E-state index contributed by atoms with van der Waals surface area (Å²) in [6.07, 6.45) is -0.445. The first-order valence-electron chi connectivity index (χ1n) is 5.76. The Bertz CT molecular complexity index is 464. The molecule has 4 nitrogen and oxygen atoms in total. The minimum atomic E-state index is -0.529. The van der Waals surface area contributed by atoms with E-state index in [4.69, 9.17) is 21.1 Å². The third kappa shape index (κ3) is 3.62. The van der Waals surface area contributed by atoms with E-state index in [1.807, 2.05) is 26.8 Å². The van der Waals surface area contributed by atoms with Crippen molar-refractivity contribution in [2.45, 2.75) is 32.5 Å². The second-order valence-electron chi connectivity index (χ2n) is 5.18. The number of halogens is 1. The molecule has 1 fully saturated rings. The third-order valence-electron chi connectivity index (χ3n) is 2.33. The van der Waals surface area contributed by atoms with Crippen LogP contribution in [0.15, 0.2) is 18.2 Å². The van der Waals surface area contributed by atoms with E-state index in [1.54, 1.807) is 12.1 Å². The number of nitrogens with one attached hydrogen (secondary N) is 1. The minimum absolute atomic E-state index is 0.0483. The lowest BCUT2D eigenvalue weighted by Gasteiger charge is -2.20. The summed E-state index contributed by atoms with van der Waals surface area (Å²) in [5, 5.41) is 3.26. The second-order valence-corrected chi connectivity index (χ2v) is 5.62. The normalized spacial score (nSPS) is 18.3. The smallest absolute Gasteiger partial charge is 0.412 e. The number of carbonyl (C=O) groups is 1. The first-order chi connectivity index (χ1) is 8.35. The Morgan fingerprint density at radius 3 is 2.72 bits per heavy atom. The van der Waals surface area contributed by atoms with Gasteiger partial charge in [0.2, 0.25) is 0 Å². The van der Waals surface area contributed by atoms with Crippen molar-refractivity contribution in [2.75, 3.05) is 11.9 Å². The fourth-order valence-corrected chi connectivity index (χ4v) is 1.73. The average molecular weight is 270 g/mol. The Hall–Kier alpha value is -1.26. The number of hydrogen-bond donors (Lipinski definition) is 1. The number of anilines is 1. The Morgan fingerprint density at radius 1 is 1.50 bits per heavy atom. The summed E-state index contributed by atoms with van der Waals surface area (Å²) in [5.41, 5.74) is 1.03. The summed E-state index contributed by atoms with van der Waals surface area (Å²) < 4.78 is 10.4. The van der Waals surface area contributed by atoms with Crippen molar-refractivity contribution in [3.05, 3.63) is 28.8 Å². The van der Waals surface area contributed by atoms with Gasteiger partial charge >= 0.3 is 6.09 Å². The molecule has 1 aliphatic heterocycles. The van der Waals surface area contributed by atoms with Crippen LogP contribution >= 0.6 is 11.6 Å². The van der Waals surface area contributed by atoms with Gasteiger partial charge in [-0.2, -0.15) is 0 Å². The van der Waals surface area contributed by atoms with Crippen LogP contribution in [-0.4, -0.2) is 18.3 Å². The van der Waals surface area contributed by atoms with Crippen molar-refractivity contribution >= 4 is 23.4 Å². The van der Waals surface area contributed by atoms with E-state index in [0.717, 1.165) is 5.56 Å². The number of amides is 1. The van der Waals surface area contributed by atoms with Crippen LogP contribution < -0.4 is 5.32 Å². The van der Waals surface area contributed by atoms with Gasteiger partial charge in [-0.1, -0.05) is 17.7 Å². The minimum Gasteiger partial charge on any atom is -0.444 e. The highest BCUT2D eigenvalue weighted by molar-refractivity contribution is 6.31. The molecule has 1 aromatic carbocycles. The van der Waals surface area contributed by atoms with Crippen LogP contribution in [0.4, 0.5) is 10.5 Å². The lowest BCUT2D eigenvalue weighted by molar-refractivity contribution is 0.0636. The van der Waals surface area contributed by atoms with Gasteiger partial charge in [-0.05, 0) is 32.9 Å². The number of hydrogen-bond acceptors (Lipinski definition) is 3. The zero-order chi connectivity index (χ0) is 13.3. The molecule has 1 N–H and O–H groups in total. The summed E-state index contributed by atoms with van der Waals surface area (Å²) >= 11 is 5.93. The number of rotatable bonds is 2. The highest BCUT2D eigenvalue weighted by Gasteiger charge is 2.28. The van der Waals surface area contributed by atoms with E-state index in [0.29, 0.717) is 17.3 Å². The van der Waals surface area contributed by atoms with Crippen LogP contribution in [0.3, 0.4) is 0 Å². The summed E-state index contributed by atoms with van der Waals surface area (Å²) in [6, 6.07) is 5.33. The van der Waals surface area contributed by atoms with E-state index in [-0.39, 0.29) is 6.10 Å². The number of carbonyl (C=O) groups excluding carboxylic acids is 1. The maximum absolute atomic E-state index is 11.7. The highest BCUT2D eigenvalue weighted by atomic mass is 35.5. The first-order valence-corrected chi connectivity index (χ1v) is 6.14. The van der Waals surface area contributed by atoms with Crippen molar-refractivity contribution in [2.24, 2.45) is 0 Å². The summed E-state index contributed by atoms with van der Waals surface area (Å²) in [6.45, 7) is 6.12. The van der Waals surface area contributed by atoms with Crippen LogP contribution in [-0.2, 0) is 9.47 Å². The molecule has 0 spiro atoms. The van der Waals surface area contributed by atoms with Gasteiger partial charge in [0.05, 0.1) is 12.3 Å². The number of epoxide rings is 1. The Labute approximate surface area is 111 Å². The topological polar surface area (TPSA) is 50.9 Å². The Balaban J connectivity index is 2.12. The van der Waals surface area contributed by atoms with Crippen LogP contribution in [0.5, 0.6) is 0 Å². The van der Waals surface area contributed by atoms with E-state index in [9.17, 15) is 4.79 Å². The zero-order valence-corrected chi connectivity index (χ0v) is 11.4. The van der Waals surface area contributed by atoms with Gasteiger partial charge in [-0.15, -0.1) is 0 Å². The van der Waals surface area contributed by atoms with E-state index in [2.05, 4.69) is 5.32 Å². The molecule has 1 heterocycles. The maximum atomic E-state index is 11.7. The molecule has 0 unspecified atom stereocenters. The van der Waals surface area contributed by atoms with Gasteiger partial charge < -0.3 is 9.47 Å².